The Morgan fingerprint density at radius 3 is 2.71 bits per heavy atom. The number of thioether (sulfide) groups is 1. The minimum Gasteiger partial charge on any atom is -0.411 e. The molecule has 0 aliphatic heterocycles. The molecule has 0 radical (unpaired) electrons. The standard InChI is InChI=1S/C14H10ClF3N4OS/c1-22-6-9(11(21-22)14(16,17)18)12-19-20-13(23-12)24-7-8-4-2-3-5-10(8)15/h2-6H,7H2,1H3. The van der Waals surface area contributed by atoms with E-state index in [1.165, 1.54) is 25.0 Å². The van der Waals surface area contributed by atoms with Crippen molar-refractivity contribution < 1.29 is 17.6 Å². The summed E-state index contributed by atoms with van der Waals surface area (Å²) < 4.78 is 45.3. The molecule has 0 unspecified atom stereocenters. The molecule has 3 aromatic rings. The lowest BCUT2D eigenvalue weighted by atomic mass is 10.2. The number of hydrogen-bond acceptors (Lipinski definition) is 5. The molecule has 0 fully saturated rings. The van der Waals surface area contributed by atoms with Crippen molar-refractivity contribution in [3.8, 4) is 11.5 Å². The second-order valence-corrected chi connectivity index (χ2v) is 6.15. The highest BCUT2D eigenvalue weighted by atomic mass is 35.5. The lowest BCUT2D eigenvalue weighted by molar-refractivity contribution is -0.141. The van der Waals surface area contributed by atoms with Crippen LogP contribution in [0.5, 0.6) is 0 Å². The van der Waals surface area contributed by atoms with Gasteiger partial charge >= 0.3 is 6.18 Å². The summed E-state index contributed by atoms with van der Waals surface area (Å²) in [6.45, 7) is 0. The molecule has 126 valence electrons. The number of nitrogens with zero attached hydrogens (tertiary/aromatic N) is 4. The zero-order valence-electron chi connectivity index (χ0n) is 12.2. The maximum Gasteiger partial charge on any atom is 0.435 e. The first-order valence-electron chi connectivity index (χ1n) is 6.65. The molecule has 10 heteroatoms. The number of rotatable bonds is 4. The van der Waals surface area contributed by atoms with Gasteiger partial charge in [0.25, 0.3) is 11.1 Å². The van der Waals surface area contributed by atoms with E-state index in [1.807, 2.05) is 18.2 Å². The van der Waals surface area contributed by atoms with E-state index in [0.717, 1.165) is 10.2 Å². The Kier molecular flexibility index (Phi) is 4.55. The molecule has 0 atom stereocenters. The summed E-state index contributed by atoms with van der Waals surface area (Å²) in [4.78, 5) is 0. The Morgan fingerprint density at radius 2 is 2.00 bits per heavy atom. The van der Waals surface area contributed by atoms with Crippen LogP contribution in [0, 0.1) is 0 Å². The Bertz CT molecular complexity index is 862. The van der Waals surface area contributed by atoms with Crippen molar-refractivity contribution in [2.45, 2.75) is 17.2 Å². The van der Waals surface area contributed by atoms with Crippen LogP contribution in [-0.4, -0.2) is 20.0 Å². The van der Waals surface area contributed by atoms with E-state index < -0.39 is 11.9 Å². The van der Waals surface area contributed by atoms with Gasteiger partial charge in [-0.15, -0.1) is 10.2 Å². The number of aryl methyl sites for hydroxylation is 1. The normalized spacial score (nSPS) is 11.9. The third kappa shape index (κ3) is 3.57. The average Bonchev–Trinajstić information content (AvgIpc) is 3.12. The highest BCUT2D eigenvalue weighted by Crippen LogP contribution is 2.36. The van der Waals surface area contributed by atoms with Crippen LogP contribution < -0.4 is 0 Å². The number of hydrogen-bond donors (Lipinski definition) is 0. The molecule has 0 saturated heterocycles. The molecule has 2 heterocycles. The summed E-state index contributed by atoms with van der Waals surface area (Å²) in [5, 5.41) is 11.6. The summed E-state index contributed by atoms with van der Waals surface area (Å²) >= 11 is 7.24. The van der Waals surface area contributed by atoms with Gasteiger partial charge in [-0.25, -0.2) is 0 Å². The van der Waals surface area contributed by atoms with Crippen molar-refractivity contribution in [1.29, 1.82) is 0 Å². The minimum absolute atomic E-state index is 0.155. The van der Waals surface area contributed by atoms with Gasteiger partial charge < -0.3 is 4.42 Å². The van der Waals surface area contributed by atoms with Crippen LogP contribution in [-0.2, 0) is 19.0 Å². The topological polar surface area (TPSA) is 56.7 Å². The molecule has 0 N–H and O–H groups in total. The Morgan fingerprint density at radius 1 is 1.25 bits per heavy atom. The summed E-state index contributed by atoms with van der Waals surface area (Å²) in [6.07, 6.45) is -3.41. The fourth-order valence-corrected chi connectivity index (χ4v) is 3.04. The molecule has 3 rings (SSSR count). The van der Waals surface area contributed by atoms with Gasteiger partial charge in [-0.2, -0.15) is 18.3 Å². The lowest BCUT2D eigenvalue weighted by Gasteiger charge is -2.03. The van der Waals surface area contributed by atoms with E-state index in [9.17, 15) is 13.2 Å². The summed E-state index contributed by atoms with van der Waals surface area (Å²) in [6, 6.07) is 7.24. The first-order chi connectivity index (χ1) is 11.3. The maximum atomic E-state index is 13.0. The average molecular weight is 375 g/mol. The largest absolute Gasteiger partial charge is 0.435 e. The van der Waals surface area contributed by atoms with E-state index in [0.29, 0.717) is 10.8 Å². The van der Waals surface area contributed by atoms with Crippen molar-refractivity contribution in [2.75, 3.05) is 0 Å². The highest BCUT2D eigenvalue weighted by Gasteiger charge is 2.38. The van der Waals surface area contributed by atoms with Gasteiger partial charge in [0.15, 0.2) is 5.69 Å². The molecule has 0 bridgehead atoms. The molecule has 0 aliphatic carbocycles. The summed E-state index contributed by atoms with van der Waals surface area (Å²) in [5.74, 6) is 0.234. The van der Waals surface area contributed by atoms with Gasteiger partial charge in [-0.3, -0.25) is 4.68 Å². The molecule has 1 aromatic carbocycles. The van der Waals surface area contributed by atoms with Crippen LogP contribution in [0.2, 0.25) is 5.02 Å². The SMILES string of the molecule is Cn1cc(-c2nnc(SCc3ccccc3Cl)o2)c(C(F)(F)F)n1. The zero-order valence-corrected chi connectivity index (χ0v) is 13.8. The Labute approximate surface area is 143 Å². The molecule has 5 nitrogen and oxygen atoms in total. The third-order valence-corrected chi connectivity index (χ3v) is 4.28. The fourth-order valence-electron chi connectivity index (χ4n) is 1.99. The third-order valence-electron chi connectivity index (χ3n) is 3.04. The molecule has 0 saturated carbocycles. The number of benzene rings is 1. The quantitative estimate of drug-likeness (QED) is 0.632. The highest BCUT2D eigenvalue weighted by molar-refractivity contribution is 7.98. The molecule has 2 aromatic heterocycles. The van der Waals surface area contributed by atoms with Gasteiger partial charge in [0.1, 0.15) is 0 Å². The molecular weight excluding hydrogens is 365 g/mol. The summed E-state index contributed by atoms with van der Waals surface area (Å²) in [7, 11) is 1.39. The molecule has 0 spiro atoms. The first kappa shape index (κ1) is 16.8. The van der Waals surface area contributed by atoms with Crippen LogP contribution in [0.25, 0.3) is 11.5 Å². The van der Waals surface area contributed by atoms with Gasteiger partial charge in [-0.05, 0) is 11.6 Å². The second-order valence-electron chi connectivity index (χ2n) is 4.82. The van der Waals surface area contributed by atoms with Crippen molar-refractivity contribution in [3.05, 3.63) is 46.7 Å². The van der Waals surface area contributed by atoms with Crippen molar-refractivity contribution >= 4 is 23.4 Å². The number of alkyl halides is 3. The van der Waals surface area contributed by atoms with E-state index in [1.54, 1.807) is 6.07 Å². The van der Waals surface area contributed by atoms with Crippen LogP contribution in [0.3, 0.4) is 0 Å². The molecule has 24 heavy (non-hydrogen) atoms. The van der Waals surface area contributed by atoms with E-state index in [-0.39, 0.29) is 16.7 Å². The molecular formula is C14H10ClF3N4OS. The Balaban J connectivity index is 1.81. The van der Waals surface area contributed by atoms with E-state index >= 15 is 0 Å². The zero-order chi connectivity index (χ0) is 17.3. The van der Waals surface area contributed by atoms with Crippen molar-refractivity contribution in [1.82, 2.24) is 20.0 Å². The number of aromatic nitrogens is 4. The minimum atomic E-state index is -4.60. The van der Waals surface area contributed by atoms with Gasteiger partial charge in [0.05, 0.1) is 5.56 Å². The van der Waals surface area contributed by atoms with Crippen LogP contribution >= 0.6 is 23.4 Å². The summed E-state index contributed by atoms with van der Waals surface area (Å²) in [5.41, 5.74) is -0.445. The van der Waals surface area contributed by atoms with Gasteiger partial charge in [0, 0.05) is 24.0 Å². The van der Waals surface area contributed by atoms with Crippen LogP contribution in [0.15, 0.2) is 40.1 Å². The van der Waals surface area contributed by atoms with Crippen molar-refractivity contribution in [3.63, 3.8) is 0 Å². The van der Waals surface area contributed by atoms with Crippen LogP contribution in [0.4, 0.5) is 13.2 Å². The van der Waals surface area contributed by atoms with Crippen LogP contribution in [0.1, 0.15) is 11.3 Å². The predicted octanol–water partition coefficient (Wildman–Crippen LogP) is 4.43. The molecule has 0 amide bonds. The van der Waals surface area contributed by atoms with Gasteiger partial charge in [-0.1, -0.05) is 41.6 Å². The van der Waals surface area contributed by atoms with Gasteiger partial charge in [0.2, 0.25) is 0 Å². The van der Waals surface area contributed by atoms with E-state index in [2.05, 4.69) is 15.3 Å². The Hall–Kier alpha value is -2.00. The van der Waals surface area contributed by atoms with E-state index in [4.69, 9.17) is 16.0 Å². The predicted molar refractivity (Wildman–Crippen MR) is 82.5 cm³/mol. The smallest absolute Gasteiger partial charge is 0.411 e. The molecule has 0 aliphatic rings. The first-order valence-corrected chi connectivity index (χ1v) is 8.02. The second kappa shape index (κ2) is 6.48. The maximum absolute atomic E-state index is 13.0. The lowest BCUT2D eigenvalue weighted by Crippen LogP contribution is -2.08. The fraction of sp³-hybridized carbons (Fsp3) is 0.214. The number of halogens is 4. The monoisotopic (exact) mass is 374 g/mol. The van der Waals surface area contributed by atoms with Crippen molar-refractivity contribution in [2.24, 2.45) is 7.05 Å².